The lowest BCUT2D eigenvalue weighted by molar-refractivity contribution is -0.137. The van der Waals surface area contributed by atoms with Gasteiger partial charge in [0.15, 0.2) is 0 Å². The normalized spacial score (nSPS) is 11.2. The summed E-state index contributed by atoms with van der Waals surface area (Å²) in [6.07, 6.45) is -4.42. The fraction of sp³-hybridized carbons (Fsp3) is 0.0714. The number of primary amides is 1. The van der Waals surface area contributed by atoms with Gasteiger partial charge in [0.2, 0.25) is 0 Å². The third-order valence-electron chi connectivity index (χ3n) is 2.68. The minimum absolute atomic E-state index is 0.0508. The van der Waals surface area contributed by atoms with Crippen molar-refractivity contribution in [1.29, 1.82) is 0 Å². The predicted molar refractivity (Wildman–Crippen MR) is 70.9 cm³/mol. The van der Waals surface area contributed by atoms with Crippen LogP contribution in [0.25, 0.3) is 0 Å². The molecule has 0 heterocycles. The highest BCUT2D eigenvalue weighted by atomic mass is 19.4. The molecule has 0 aliphatic heterocycles. The second-order valence-corrected chi connectivity index (χ2v) is 4.24. The number of anilines is 1. The van der Waals surface area contributed by atoms with E-state index in [9.17, 15) is 18.0 Å². The van der Waals surface area contributed by atoms with Gasteiger partial charge in [-0.2, -0.15) is 13.2 Å². The summed E-state index contributed by atoms with van der Waals surface area (Å²) in [5, 5.41) is 0. The van der Waals surface area contributed by atoms with E-state index in [1.807, 2.05) is 0 Å². The number of benzene rings is 2. The summed E-state index contributed by atoms with van der Waals surface area (Å²) < 4.78 is 42.7. The Bertz CT molecular complexity index is 667. The van der Waals surface area contributed by atoms with Gasteiger partial charge in [-0.15, -0.1) is 0 Å². The smallest absolute Gasteiger partial charge is 0.416 e. The fourth-order valence-corrected chi connectivity index (χ4v) is 1.67. The minimum atomic E-state index is -4.42. The lowest BCUT2D eigenvalue weighted by Gasteiger charge is -2.11. The van der Waals surface area contributed by atoms with Gasteiger partial charge in [-0.05, 0) is 42.5 Å². The number of halogens is 3. The Balaban J connectivity index is 2.28. The molecule has 0 saturated heterocycles. The number of hydrogen-bond acceptors (Lipinski definition) is 3. The average Bonchev–Trinajstić information content (AvgIpc) is 2.40. The minimum Gasteiger partial charge on any atom is -0.457 e. The van der Waals surface area contributed by atoms with Gasteiger partial charge in [0, 0.05) is 5.69 Å². The third-order valence-corrected chi connectivity index (χ3v) is 2.68. The first kappa shape index (κ1) is 14.7. The number of carbonyl (C=O) groups excluding carboxylic acids is 1. The second-order valence-electron chi connectivity index (χ2n) is 4.24. The van der Waals surface area contributed by atoms with Crippen LogP contribution in [0.3, 0.4) is 0 Å². The van der Waals surface area contributed by atoms with E-state index in [0.717, 1.165) is 24.3 Å². The Morgan fingerprint density at radius 2 is 1.67 bits per heavy atom. The number of amides is 1. The van der Waals surface area contributed by atoms with E-state index in [1.54, 1.807) is 0 Å². The van der Waals surface area contributed by atoms with E-state index in [4.69, 9.17) is 16.2 Å². The van der Waals surface area contributed by atoms with Crippen LogP contribution in [0.4, 0.5) is 18.9 Å². The number of ether oxygens (including phenoxy) is 1. The van der Waals surface area contributed by atoms with Gasteiger partial charge in [-0.25, -0.2) is 0 Å². The van der Waals surface area contributed by atoms with E-state index in [-0.39, 0.29) is 17.1 Å². The van der Waals surface area contributed by atoms with Crippen molar-refractivity contribution >= 4 is 11.6 Å². The van der Waals surface area contributed by atoms with E-state index < -0.39 is 17.6 Å². The maximum absolute atomic E-state index is 12.4. The van der Waals surface area contributed by atoms with Crippen LogP contribution in [0, 0.1) is 0 Å². The maximum atomic E-state index is 12.4. The molecule has 21 heavy (non-hydrogen) atoms. The topological polar surface area (TPSA) is 78.3 Å². The molecular weight excluding hydrogens is 285 g/mol. The van der Waals surface area contributed by atoms with Crippen molar-refractivity contribution in [2.75, 3.05) is 5.73 Å². The van der Waals surface area contributed by atoms with E-state index in [0.29, 0.717) is 5.69 Å². The molecular formula is C14H11F3N2O2. The van der Waals surface area contributed by atoms with E-state index >= 15 is 0 Å². The van der Waals surface area contributed by atoms with Gasteiger partial charge in [-0.1, -0.05) is 0 Å². The quantitative estimate of drug-likeness (QED) is 0.854. The van der Waals surface area contributed by atoms with Crippen molar-refractivity contribution in [2.45, 2.75) is 6.18 Å². The summed E-state index contributed by atoms with van der Waals surface area (Å²) in [7, 11) is 0. The summed E-state index contributed by atoms with van der Waals surface area (Å²) in [4.78, 5) is 11.3. The summed E-state index contributed by atoms with van der Waals surface area (Å²) in [5.41, 5.74) is 10.3. The molecule has 2 aromatic carbocycles. The zero-order valence-corrected chi connectivity index (χ0v) is 10.6. The molecule has 0 bridgehead atoms. The Morgan fingerprint density at radius 1 is 1.05 bits per heavy atom. The highest BCUT2D eigenvalue weighted by Crippen LogP contribution is 2.32. The van der Waals surface area contributed by atoms with Crippen LogP contribution in [0.2, 0.25) is 0 Å². The van der Waals surface area contributed by atoms with E-state index in [1.165, 1.54) is 18.2 Å². The van der Waals surface area contributed by atoms with Crippen molar-refractivity contribution in [3.63, 3.8) is 0 Å². The molecule has 0 aromatic heterocycles. The van der Waals surface area contributed by atoms with Crippen LogP contribution >= 0.6 is 0 Å². The molecule has 0 atom stereocenters. The van der Waals surface area contributed by atoms with Crippen molar-refractivity contribution < 1.29 is 22.7 Å². The van der Waals surface area contributed by atoms with Crippen molar-refractivity contribution in [3.05, 3.63) is 53.6 Å². The maximum Gasteiger partial charge on any atom is 0.416 e. The van der Waals surface area contributed by atoms with Crippen LogP contribution in [0.5, 0.6) is 11.5 Å². The number of nitrogens with two attached hydrogens (primary N) is 2. The van der Waals surface area contributed by atoms with Crippen LogP contribution in [-0.4, -0.2) is 5.91 Å². The van der Waals surface area contributed by atoms with Gasteiger partial charge in [0.1, 0.15) is 11.5 Å². The lowest BCUT2D eigenvalue weighted by atomic mass is 10.1. The standard InChI is InChI=1S/C14H11F3N2O2/c15-14(16,17)8-1-4-10(5-2-8)21-12-6-3-9(18)7-11(12)13(19)20/h1-7H,18H2,(H2,19,20). The first-order valence-electron chi connectivity index (χ1n) is 5.82. The molecule has 110 valence electrons. The molecule has 0 aliphatic rings. The van der Waals surface area contributed by atoms with Gasteiger partial charge in [0.25, 0.3) is 5.91 Å². The molecule has 0 saturated carbocycles. The molecule has 7 heteroatoms. The van der Waals surface area contributed by atoms with Gasteiger partial charge in [0.05, 0.1) is 11.1 Å². The molecule has 0 fully saturated rings. The van der Waals surface area contributed by atoms with Crippen molar-refractivity contribution in [3.8, 4) is 11.5 Å². The van der Waals surface area contributed by atoms with Crippen LogP contribution in [0.1, 0.15) is 15.9 Å². The Labute approximate surface area is 118 Å². The summed E-state index contributed by atoms with van der Waals surface area (Å²) in [6.45, 7) is 0. The molecule has 0 unspecified atom stereocenters. The monoisotopic (exact) mass is 296 g/mol. The zero-order valence-electron chi connectivity index (χ0n) is 10.6. The first-order chi connectivity index (χ1) is 9.77. The first-order valence-corrected chi connectivity index (χ1v) is 5.82. The fourth-order valence-electron chi connectivity index (χ4n) is 1.67. The number of hydrogen-bond donors (Lipinski definition) is 2. The largest absolute Gasteiger partial charge is 0.457 e. The Hall–Kier alpha value is -2.70. The zero-order chi connectivity index (χ0) is 15.6. The number of rotatable bonds is 3. The highest BCUT2D eigenvalue weighted by Gasteiger charge is 2.30. The van der Waals surface area contributed by atoms with Gasteiger partial charge < -0.3 is 16.2 Å². The van der Waals surface area contributed by atoms with Crippen molar-refractivity contribution in [2.24, 2.45) is 5.73 Å². The van der Waals surface area contributed by atoms with Gasteiger partial charge in [-0.3, -0.25) is 4.79 Å². The Morgan fingerprint density at radius 3 is 2.19 bits per heavy atom. The molecule has 4 nitrogen and oxygen atoms in total. The predicted octanol–water partition coefficient (Wildman–Crippen LogP) is 3.18. The summed E-state index contributed by atoms with van der Waals surface area (Å²) in [5.74, 6) is -0.476. The second kappa shape index (κ2) is 5.35. The number of carbonyl (C=O) groups is 1. The molecule has 0 spiro atoms. The SMILES string of the molecule is NC(=O)c1cc(N)ccc1Oc1ccc(C(F)(F)F)cc1. The number of alkyl halides is 3. The van der Waals surface area contributed by atoms with Crippen LogP contribution < -0.4 is 16.2 Å². The summed E-state index contributed by atoms with van der Waals surface area (Å²) >= 11 is 0. The van der Waals surface area contributed by atoms with E-state index in [2.05, 4.69) is 0 Å². The summed E-state index contributed by atoms with van der Waals surface area (Å²) in [6, 6.07) is 8.34. The molecule has 2 aromatic rings. The third kappa shape index (κ3) is 3.44. The number of nitrogen functional groups attached to an aromatic ring is 1. The molecule has 4 N–H and O–H groups in total. The highest BCUT2D eigenvalue weighted by molar-refractivity contribution is 5.96. The molecule has 0 radical (unpaired) electrons. The molecule has 2 rings (SSSR count). The van der Waals surface area contributed by atoms with Crippen molar-refractivity contribution in [1.82, 2.24) is 0 Å². The average molecular weight is 296 g/mol. The van der Waals surface area contributed by atoms with Crippen LogP contribution in [0.15, 0.2) is 42.5 Å². The lowest BCUT2D eigenvalue weighted by Crippen LogP contribution is -2.12. The van der Waals surface area contributed by atoms with Gasteiger partial charge >= 0.3 is 6.18 Å². The molecule has 1 amide bonds. The van der Waals surface area contributed by atoms with Crippen LogP contribution in [-0.2, 0) is 6.18 Å². The molecule has 0 aliphatic carbocycles. The Kier molecular flexibility index (Phi) is 3.75.